The largest absolute Gasteiger partial charge is 0.378 e. The smallest absolute Gasteiger partial charge is 0.266 e. The number of carbonyl (C=O) groups is 1. The molecule has 1 amide bonds. The molecule has 3 aromatic rings. The Hall–Kier alpha value is -2.74. The van der Waals surface area contributed by atoms with Gasteiger partial charge in [-0.25, -0.2) is 4.98 Å². The highest BCUT2D eigenvalue weighted by atomic mass is 32.2. The Bertz CT molecular complexity index is 1250. The number of hydrogen-bond acceptors (Lipinski definition) is 6. The zero-order valence-corrected chi connectivity index (χ0v) is 20.8. The molecule has 1 aromatic heterocycles. The first kappa shape index (κ1) is 23.0. The molecule has 2 fully saturated rings. The number of anilines is 1. The number of amides is 1. The highest BCUT2D eigenvalue weighted by molar-refractivity contribution is 8.26. The second kappa shape index (κ2) is 10.3. The zero-order chi connectivity index (χ0) is 23.5. The van der Waals surface area contributed by atoms with Crippen LogP contribution in [0.1, 0.15) is 23.1 Å². The van der Waals surface area contributed by atoms with Gasteiger partial charge in [0.15, 0.2) is 0 Å². The van der Waals surface area contributed by atoms with Gasteiger partial charge in [0, 0.05) is 30.6 Å². The zero-order valence-electron chi connectivity index (χ0n) is 19.2. The summed E-state index contributed by atoms with van der Waals surface area (Å²) in [6.07, 6.45) is 3.77. The van der Waals surface area contributed by atoms with Gasteiger partial charge in [0.1, 0.15) is 10.1 Å². The van der Waals surface area contributed by atoms with E-state index in [1.165, 1.54) is 22.9 Å². The Morgan fingerprint density at radius 3 is 2.71 bits per heavy atom. The van der Waals surface area contributed by atoms with E-state index in [-0.39, 0.29) is 5.91 Å². The van der Waals surface area contributed by atoms with Crippen LogP contribution in [0.15, 0.2) is 59.5 Å². The number of morpholine rings is 1. The fraction of sp³-hybridized carbons (Fsp3) is 0.296. The molecule has 2 aliphatic rings. The molecule has 0 radical (unpaired) electrons. The summed E-state index contributed by atoms with van der Waals surface area (Å²) >= 11 is 6.96. The van der Waals surface area contributed by atoms with Crippen LogP contribution in [0.3, 0.4) is 0 Å². The van der Waals surface area contributed by atoms with Crippen LogP contribution in [0.2, 0.25) is 0 Å². The SMILES string of the molecule is Cc1ccc2nc(N3CCOCC3)c(/C=C3\SC(=S)N(CCCc4ccccc4)C3=O)cc2c1. The molecule has 5 nitrogen and oxygen atoms in total. The number of thiocarbonyl (C=S) groups is 1. The van der Waals surface area contributed by atoms with E-state index in [1.54, 1.807) is 4.90 Å². The third kappa shape index (κ3) is 5.02. The minimum atomic E-state index is -0.0136. The van der Waals surface area contributed by atoms with Gasteiger partial charge in [-0.1, -0.05) is 65.9 Å². The van der Waals surface area contributed by atoms with E-state index in [0.717, 1.165) is 48.2 Å². The van der Waals surface area contributed by atoms with Gasteiger partial charge in [-0.15, -0.1) is 0 Å². The third-order valence-electron chi connectivity index (χ3n) is 6.14. The van der Waals surface area contributed by atoms with E-state index < -0.39 is 0 Å². The molecule has 174 valence electrons. The molecule has 2 aliphatic heterocycles. The lowest BCUT2D eigenvalue weighted by molar-refractivity contribution is -0.122. The quantitative estimate of drug-likeness (QED) is 0.350. The van der Waals surface area contributed by atoms with Crippen molar-refractivity contribution in [2.45, 2.75) is 19.8 Å². The second-order valence-electron chi connectivity index (χ2n) is 8.62. The van der Waals surface area contributed by atoms with Crippen molar-refractivity contribution in [3.05, 3.63) is 76.2 Å². The molecule has 2 saturated heterocycles. The summed E-state index contributed by atoms with van der Waals surface area (Å²) in [6, 6.07) is 18.8. The summed E-state index contributed by atoms with van der Waals surface area (Å²) in [7, 11) is 0. The summed E-state index contributed by atoms with van der Waals surface area (Å²) < 4.78 is 6.17. The average molecular weight is 490 g/mol. The maximum absolute atomic E-state index is 13.3. The van der Waals surface area contributed by atoms with Crippen LogP contribution in [-0.2, 0) is 16.0 Å². The summed E-state index contributed by atoms with van der Waals surface area (Å²) in [4.78, 5) is 22.9. The van der Waals surface area contributed by atoms with E-state index in [0.29, 0.717) is 29.0 Å². The van der Waals surface area contributed by atoms with Crippen molar-refractivity contribution >= 4 is 57.0 Å². The number of ether oxygens (including phenoxy) is 1. The molecule has 0 aliphatic carbocycles. The van der Waals surface area contributed by atoms with Crippen LogP contribution in [-0.4, -0.2) is 53.0 Å². The molecule has 0 bridgehead atoms. The lowest BCUT2D eigenvalue weighted by Gasteiger charge is -2.29. The second-order valence-corrected chi connectivity index (χ2v) is 10.3. The first-order chi connectivity index (χ1) is 16.6. The molecule has 0 saturated carbocycles. The summed E-state index contributed by atoms with van der Waals surface area (Å²) in [5, 5.41) is 1.07. The van der Waals surface area contributed by atoms with Crippen LogP contribution >= 0.6 is 24.0 Å². The van der Waals surface area contributed by atoms with Crippen molar-refractivity contribution < 1.29 is 9.53 Å². The van der Waals surface area contributed by atoms with Crippen LogP contribution in [0, 0.1) is 6.92 Å². The molecule has 7 heteroatoms. The van der Waals surface area contributed by atoms with E-state index in [9.17, 15) is 4.79 Å². The third-order valence-corrected chi connectivity index (χ3v) is 7.52. The van der Waals surface area contributed by atoms with Gasteiger partial charge in [-0.05, 0) is 49.6 Å². The van der Waals surface area contributed by atoms with Gasteiger partial charge >= 0.3 is 0 Å². The number of aromatic nitrogens is 1. The summed E-state index contributed by atoms with van der Waals surface area (Å²) in [5.41, 5.74) is 4.36. The van der Waals surface area contributed by atoms with Gasteiger partial charge in [0.25, 0.3) is 5.91 Å². The lowest BCUT2D eigenvalue weighted by Crippen LogP contribution is -2.37. The standard InChI is InChI=1S/C27H27N3O2S2/c1-19-9-10-23-21(16-19)17-22(25(28-23)29-12-14-32-15-13-29)18-24-26(31)30(27(33)34-24)11-5-8-20-6-3-2-4-7-20/h2-4,6-7,9-10,16-18H,5,8,11-15H2,1H3/b24-18-. The number of pyridine rings is 1. The fourth-order valence-corrected chi connectivity index (χ4v) is 5.66. The first-order valence-electron chi connectivity index (χ1n) is 11.6. The average Bonchev–Trinajstić information content (AvgIpc) is 3.12. The maximum Gasteiger partial charge on any atom is 0.266 e. The Kier molecular flexibility index (Phi) is 6.94. The molecule has 0 spiro atoms. The number of benzene rings is 2. The summed E-state index contributed by atoms with van der Waals surface area (Å²) in [5.74, 6) is 0.884. The van der Waals surface area contributed by atoms with Gasteiger partial charge < -0.3 is 9.64 Å². The number of hydrogen-bond donors (Lipinski definition) is 0. The van der Waals surface area contributed by atoms with Crippen molar-refractivity contribution in [1.29, 1.82) is 0 Å². The molecule has 2 aromatic carbocycles. The highest BCUT2D eigenvalue weighted by Gasteiger charge is 2.32. The van der Waals surface area contributed by atoms with Crippen LogP contribution in [0.4, 0.5) is 5.82 Å². The van der Waals surface area contributed by atoms with Crippen molar-refractivity contribution in [3.63, 3.8) is 0 Å². The van der Waals surface area contributed by atoms with Crippen molar-refractivity contribution in [2.24, 2.45) is 0 Å². The molecule has 0 atom stereocenters. The molecule has 0 N–H and O–H groups in total. The Morgan fingerprint density at radius 1 is 1.12 bits per heavy atom. The van der Waals surface area contributed by atoms with Crippen LogP contribution in [0.25, 0.3) is 17.0 Å². The molecule has 3 heterocycles. The summed E-state index contributed by atoms with van der Waals surface area (Å²) in [6.45, 7) is 5.63. The van der Waals surface area contributed by atoms with E-state index in [4.69, 9.17) is 21.9 Å². The maximum atomic E-state index is 13.3. The number of carbonyl (C=O) groups excluding carboxylic acids is 1. The van der Waals surface area contributed by atoms with Crippen molar-refractivity contribution in [3.8, 4) is 0 Å². The molecule has 5 rings (SSSR count). The molecular formula is C27H27N3O2S2. The Morgan fingerprint density at radius 2 is 1.91 bits per heavy atom. The minimum absolute atomic E-state index is 0.0136. The van der Waals surface area contributed by atoms with Crippen molar-refractivity contribution in [2.75, 3.05) is 37.7 Å². The Balaban J connectivity index is 1.41. The first-order valence-corrected chi connectivity index (χ1v) is 12.8. The normalized spacial score (nSPS) is 17.9. The molecular weight excluding hydrogens is 462 g/mol. The lowest BCUT2D eigenvalue weighted by atomic mass is 10.1. The minimum Gasteiger partial charge on any atom is -0.378 e. The number of thioether (sulfide) groups is 1. The molecule has 34 heavy (non-hydrogen) atoms. The Labute approximate surface area is 209 Å². The number of nitrogens with zero attached hydrogens (tertiary/aromatic N) is 3. The van der Waals surface area contributed by atoms with E-state index in [2.05, 4.69) is 48.2 Å². The predicted octanol–water partition coefficient (Wildman–Crippen LogP) is 5.21. The van der Waals surface area contributed by atoms with E-state index >= 15 is 0 Å². The number of fused-ring (bicyclic) bond motifs is 1. The van der Waals surface area contributed by atoms with Gasteiger partial charge in [-0.3, -0.25) is 9.69 Å². The highest BCUT2D eigenvalue weighted by Crippen LogP contribution is 2.35. The van der Waals surface area contributed by atoms with Crippen LogP contribution < -0.4 is 4.90 Å². The topological polar surface area (TPSA) is 45.7 Å². The van der Waals surface area contributed by atoms with Gasteiger partial charge in [0.05, 0.1) is 23.6 Å². The van der Waals surface area contributed by atoms with Gasteiger partial charge in [-0.2, -0.15) is 0 Å². The number of aryl methyl sites for hydroxylation is 2. The van der Waals surface area contributed by atoms with Crippen LogP contribution in [0.5, 0.6) is 0 Å². The predicted molar refractivity (Wildman–Crippen MR) is 144 cm³/mol. The van der Waals surface area contributed by atoms with E-state index in [1.807, 2.05) is 24.3 Å². The number of rotatable bonds is 6. The van der Waals surface area contributed by atoms with Gasteiger partial charge in [0.2, 0.25) is 0 Å². The van der Waals surface area contributed by atoms with Crippen molar-refractivity contribution in [1.82, 2.24) is 9.88 Å². The monoisotopic (exact) mass is 489 g/mol. The molecule has 0 unspecified atom stereocenters. The fourth-order valence-electron chi connectivity index (χ4n) is 4.36.